The summed E-state index contributed by atoms with van der Waals surface area (Å²) < 4.78 is 31.2. The van der Waals surface area contributed by atoms with Crippen molar-refractivity contribution in [1.82, 2.24) is 5.43 Å². The Labute approximate surface area is 119 Å². The van der Waals surface area contributed by atoms with Crippen LogP contribution in [0, 0.1) is 11.6 Å². The van der Waals surface area contributed by atoms with Crippen LogP contribution in [0.4, 0.5) is 13.6 Å². The predicted octanol–water partition coefficient (Wildman–Crippen LogP) is 2.76. The van der Waals surface area contributed by atoms with Crippen LogP contribution in [0.15, 0.2) is 47.6 Å². The molecule has 0 spiro atoms. The number of carbonyl (C=O) groups is 1. The summed E-state index contributed by atoms with van der Waals surface area (Å²) in [5.41, 5.74) is 7.60. The first-order chi connectivity index (χ1) is 10.0. The fourth-order valence-electron chi connectivity index (χ4n) is 1.47. The van der Waals surface area contributed by atoms with Crippen molar-refractivity contribution in [1.29, 1.82) is 0 Å². The van der Waals surface area contributed by atoms with Gasteiger partial charge in [-0.3, -0.25) is 0 Å². The van der Waals surface area contributed by atoms with Gasteiger partial charge in [-0.05, 0) is 42.0 Å². The van der Waals surface area contributed by atoms with Crippen molar-refractivity contribution < 1.29 is 18.3 Å². The van der Waals surface area contributed by atoms with Crippen LogP contribution in [-0.2, 0) is 0 Å². The third-order valence-corrected chi connectivity index (χ3v) is 2.40. The number of carbonyl (C=O) groups excluding carboxylic acids is 1. The van der Waals surface area contributed by atoms with Gasteiger partial charge in [-0.25, -0.2) is 19.0 Å². The van der Waals surface area contributed by atoms with E-state index in [9.17, 15) is 13.6 Å². The van der Waals surface area contributed by atoms with Crippen molar-refractivity contribution in [3.05, 3.63) is 59.7 Å². The Morgan fingerprint density at radius 2 is 1.76 bits per heavy atom. The van der Waals surface area contributed by atoms with E-state index in [-0.39, 0.29) is 5.75 Å². The number of urea groups is 1. The molecular formula is C14H11F2N3O2. The van der Waals surface area contributed by atoms with Crippen molar-refractivity contribution in [2.75, 3.05) is 0 Å². The third kappa shape index (κ3) is 4.27. The Hall–Kier alpha value is -2.96. The van der Waals surface area contributed by atoms with E-state index in [0.29, 0.717) is 11.3 Å². The van der Waals surface area contributed by atoms with Gasteiger partial charge in [0.1, 0.15) is 11.5 Å². The number of halogens is 2. The lowest BCUT2D eigenvalue weighted by Crippen LogP contribution is -2.24. The van der Waals surface area contributed by atoms with Crippen molar-refractivity contribution in [2.24, 2.45) is 10.8 Å². The molecule has 3 N–H and O–H groups in total. The maximum absolute atomic E-state index is 13.0. The second-order valence-corrected chi connectivity index (χ2v) is 3.98. The first kappa shape index (κ1) is 14.4. The van der Waals surface area contributed by atoms with E-state index in [4.69, 9.17) is 10.5 Å². The van der Waals surface area contributed by atoms with Crippen LogP contribution < -0.4 is 15.9 Å². The molecule has 2 rings (SSSR count). The number of hydrogen-bond acceptors (Lipinski definition) is 3. The van der Waals surface area contributed by atoms with Gasteiger partial charge in [-0.15, -0.1) is 0 Å². The molecule has 2 aromatic carbocycles. The molecule has 21 heavy (non-hydrogen) atoms. The van der Waals surface area contributed by atoms with Gasteiger partial charge in [0.25, 0.3) is 0 Å². The van der Waals surface area contributed by atoms with Crippen molar-refractivity contribution in [3.63, 3.8) is 0 Å². The average molecular weight is 291 g/mol. The zero-order chi connectivity index (χ0) is 15.2. The first-order valence-corrected chi connectivity index (χ1v) is 5.86. The summed E-state index contributed by atoms with van der Waals surface area (Å²) in [5.74, 6) is -1.28. The van der Waals surface area contributed by atoms with Crippen LogP contribution in [0.1, 0.15) is 5.56 Å². The highest BCUT2D eigenvalue weighted by Crippen LogP contribution is 2.23. The minimum atomic E-state index is -0.978. The van der Waals surface area contributed by atoms with Gasteiger partial charge < -0.3 is 10.5 Å². The fraction of sp³-hybridized carbons (Fsp3) is 0. The predicted molar refractivity (Wildman–Crippen MR) is 73.2 cm³/mol. The molecule has 0 aliphatic heterocycles. The summed E-state index contributed by atoms with van der Waals surface area (Å²) in [6.45, 7) is 0. The summed E-state index contributed by atoms with van der Waals surface area (Å²) in [4.78, 5) is 10.4. The normalized spacial score (nSPS) is 10.6. The molecule has 0 bridgehead atoms. The number of primary amides is 1. The quantitative estimate of drug-likeness (QED) is 0.671. The first-order valence-electron chi connectivity index (χ1n) is 5.86. The van der Waals surface area contributed by atoms with E-state index >= 15 is 0 Å². The highest BCUT2D eigenvalue weighted by atomic mass is 19.2. The molecule has 0 saturated heterocycles. The number of benzene rings is 2. The third-order valence-electron chi connectivity index (χ3n) is 2.40. The number of nitrogens with zero attached hydrogens (tertiary/aromatic N) is 1. The molecule has 7 heteroatoms. The maximum atomic E-state index is 13.0. The van der Waals surface area contributed by atoms with Crippen molar-refractivity contribution in [2.45, 2.75) is 0 Å². The van der Waals surface area contributed by atoms with Gasteiger partial charge in [0.05, 0.1) is 6.21 Å². The molecular weight excluding hydrogens is 280 g/mol. The van der Waals surface area contributed by atoms with Crippen LogP contribution in [-0.4, -0.2) is 12.2 Å². The molecule has 0 aliphatic carbocycles. The molecule has 2 aromatic rings. The number of hydrazone groups is 1. The number of nitrogens with two attached hydrogens (primary N) is 1. The summed E-state index contributed by atoms with van der Waals surface area (Å²) in [5, 5.41) is 3.59. The Balaban J connectivity index is 2.03. The molecule has 0 unspecified atom stereocenters. The van der Waals surface area contributed by atoms with Gasteiger partial charge in [0.2, 0.25) is 0 Å². The SMILES string of the molecule is NC(=O)N/N=C/c1ccc(Oc2ccc(F)c(F)c2)cc1. The molecule has 0 fully saturated rings. The Morgan fingerprint density at radius 1 is 1.10 bits per heavy atom. The summed E-state index contributed by atoms with van der Waals surface area (Å²) >= 11 is 0. The summed E-state index contributed by atoms with van der Waals surface area (Å²) in [6.07, 6.45) is 1.39. The minimum Gasteiger partial charge on any atom is -0.457 e. The lowest BCUT2D eigenvalue weighted by molar-refractivity contribution is 0.249. The van der Waals surface area contributed by atoms with Crippen LogP contribution >= 0.6 is 0 Å². The molecule has 0 heterocycles. The number of hydrogen-bond donors (Lipinski definition) is 2. The van der Waals surface area contributed by atoms with Gasteiger partial charge in [-0.2, -0.15) is 5.10 Å². The summed E-state index contributed by atoms with van der Waals surface area (Å²) in [7, 11) is 0. The molecule has 0 aliphatic rings. The smallest absolute Gasteiger partial charge is 0.332 e. The van der Waals surface area contributed by atoms with Gasteiger partial charge in [0.15, 0.2) is 11.6 Å². The minimum absolute atomic E-state index is 0.186. The number of ether oxygens (including phenoxy) is 1. The van der Waals surface area contributed by atoms with Crippen molar-refractivity contribution in [3.8, 4) is 11.5 Å². The standard InChI is InChI=1S/C14H11F2N3O2/c15-12-6-5-11(7-13(12)16)21-10-3-1-9(2-4-10)8-18-19-14(17)20/h1-8H,(H3,17,19,20)/b18-8+. The lowest BCUT2D eigenvalue weighted by Gasteiger charge is -2.06. The molecule has 0 aromatic heterocycles. The van der Waals surface area contributed by atoms with Gasteiger partial charge in [0, 0.05) is 6.07 Å². The van der Waals surface area contributed by atoms with Gasteiger partial charge >= 0.3 is 6.03 Å². The fourth-order valence-corrected chi connectivity index (χ4v) is 1.47. The number of nitrogens with one attached hydrogen (secondary N) is 1. The maximum Gasteiger partial charge on any atom is 0.332 e. The lowest BCUT2D eigenvalue weighted by atomic mass is 10.2. The molecule has 2 amide bonds. The summed E-state index contributed by atoms with van der Waals surface area (Å²) in [6, 6.07) is 9.08. The monoisotopic (exact) mass is 291 g/mol. The van der Waals surface area contributed by atoms with Crippen LogP contribution in [0.3, 0.4) is 0 Å². The Bertz CT molecular complexity index is 672. The van der Waals surface area contributed by atoms with E-state index < -0.39 is 17.7 Å². The van der Waals surface area contributed by atoms with Gasteiger partial charge in [-0.1, -0.05) is 0 Å². The zero-order valence-electron chi connectivity index (χ0n) is 10.7. The average Bonchev–Trinajstić information content (AvgIpc) is 2.44. The van der Waals surface area contributed by atoms with E-state index in [0.717, 1.165) is 12.1 Å². The molecule has 108 valence electrons. The van der Waals surface area contributed by atoms with Crippen LogP contribution in [0.25, 0.3) is 0 Å². The van der Waals surface area contributed by atoms with Crippen LogP contribution in [0.5, 0.6) is 11.5 Å². The topological polar surface area (TPSA) is 76.7 Å². The second-order valence-electron chi connectivity index (χ2n) is 3.98. The molecule has 0 atom stereocenters. The van der Waals surface area contributed by atoms with Crippen LogP contribution in [0.2, 0.25) is 0 Å². The molecule has 0 saturated carbocycles. The number of amides is 2. The molecule has 5 nitrogen and oxygen atoms in total. The molecule has 0 radical (unpaired) electrons. The van der Waals surface area contributed by atoms with E-state index in [1.54, 1.807) is 24.3 Å². The zero-order valence-corrected chi connectivity index (χ0v) is 10.7. The van der Waals surface area contributed by atoms with E-state index in [2.05, 4.69) is 10.5 Å². The Morgan fingerprint density at radius 3 is 2.38 bits per heavy atom. The highest BCUT2D eigenvalue weighted by Gasteiger charge is 2.04. The Kier molecular flexibility index (Phi) is 4.45. The van der Waals surface area contributed by atoms with E-state index in [1.807, 2.05) is 0 Å². The van der Waals surface area contributed by atoms with Crippen molar-refractivity contribution >= 4 is 12.2 Å². The highest BCUT2D eigenvalue weighted by molar-refractivity contribution is 5.81. The largest absolute Gasteiger partial charge is 0.457 e. The second kappa shape index (κ2) is 6.47. The number of rotatable bonds is 4. The van der Waals surface area contributed by atoms with E-state index in [1.165, 1.54) is 12.3 Å².